The Morgan fingerprint density at radius 1 is 1.04 bits per heavy atom. The zero-order valence-electron chi connectivity index (χ0n) is 14.6. The zero-order valence-corrected chi connectivity index (χ0v) is 14.6. The average molecular weight is 366 g/mol. The summed E-state index contributed by atoms with van der Waals surface area (Å²) in [5.41, 5.74) is 5.81. The molecule has 3 aromatic rings. The second kappa shape index (κ2) is 8.13. The van der Waals surface area contributed by atoms with Gasteiger partial charge in [0.05, 0.1) is 11.7 Å². The van der Waals surface area contributed by atoms with Crippen LogP contribution in [0.3, 0.4) is 0 Å². The Bertz CT molecular complexity index is 1050. The number of hydrogen-bond acceptors (Lipinski definition) is 5. The quantitative estimate of drug-likeness (QED) is 0.654. The van der Waals surface area contributed by atoms with Gasteiger partial charge in [0, 0.05) is 5.39 Å². The molecule has 0 unspecified atom stereocenters. The van der Waals surface area contributed by atoms with Gasteiger partial charge in [-0.05, 0) is 30.7 Å². The Morgan fingerprint density at radius 2 is 1.74 bits per heavy atom. The summed E-state index contributed by atoms with van der Waals surface area (Å²) in [6, 6.07) is 14.2. The molecule has 0 bridgehead atoms. The van der Waals surface area contributed by atoms with E-state index in [0.717, 1.165) is 11.8 Å². The van der Waals surface area contributed by atoms with Crippen LogP contribution >= 0.6 is 0 Å². The standard InChI is InChI=1S/C19H18N4O4/c1-13-6-2-5-9-17(13)27-12-19(26)22-21-18(25)11-23-15-8-4-3-7-14(15)16(24)10-20-23/h2-10H,11-12H2,1H3,(H,21,25)(H,22,26). The number of para-hydroxylation sites is 2. The Kier molecular flexibility index (Phi) is 5.46. The van der Waals surface area contributed by atoms with Gasteiger partial charge >= 0.3 is 0 Å². The van der Waals surface area contributed by atoms with E-state index in [4.69, 9.17) is 4.74 Å². The molecule has 2 aromatic carbocycles. The third kappa shape index (κ3) is 4.49. The van der Waals surface area contributed by atoms with Crippen LogP contribution in [0.1, 0.15) is 5.56 Å². The molecule has 0 spiro atoms. The Morgan fingerprint density at radius 3 is 2.56 bits per heavy atom. The molecule has 2 amide bonds. The third-order valence-corrected chi connectivity index (χ3v) is 3.85. The molecule has 0 saturated carbocycles. The number of fused-ring (bicyclic) bond motifs is 1. The number of ether oxygens (including phenoxy) is 1. The van der Waals surface area contributed by atoms with Gasteiger partial charge < -0.3 is 4.74 Å². The van der Waals surface area contributed by atoms with Crippen LogP contribution in [0.5, 0.6) is 5.75 Å². The van der Waals surface area contributed by atoms with Gasteiger partial charge in [0.25, 0.3) is 11.8 Å². The van der Waals surface area contributed by atoms with Crippen molar-refractivity contribution in [1.29, 1.82) is 0 Å². The molecule has 0 aliphatic carbocycles. The maximum Gasteiger partial charge on any atom is 0.276 e. The van der Waals surface area contributed by atoms with Crippen molar-refractivity contribution in [3.63, 3.8) is 0 Å². The summed E-state index contributed by atoms with van der Waals surface area (Å²) in [5.74, 6) is -0.382. The maximum absolute atomic E-state index is 12.1. The first-order valence-corrected chi connectivity index (χ1v) is 8.25. The first kappa shape index (κ1) is 18.1. The molecular weight excluding hydrogens is 348 g/mol. The number of amides is 2. The summed E-state index contributed by atoms with van der Waals surface area (Å²) in [4.78, 5) is 35.7. The smallest absolute Gasteiger partial charge is 0.276 e. The molecule has 27 heavy (non-hydrogen) atoms. The van der Waals surface area contributed by atoms with Crippen LogP contribution in [0, 0.1) is 6.92 Å². The van der Waals surface area contributed by atoms with Crippen LogP contribution in [0.25, 0.3) is 10.9 Å². The predicted octanol–water partition coefficient (Wildman–Crippen LogP) is 0.931. The Balaban J connectivity index is 1.54. The number of hydrazine groups is 1. The summed E-state index contributed by atoms with van der Waals surface area (Å²) >= 11 is 0. The van der Waals surface area contributed by atoms with Crippen molar-refractivity contribution in [2.75, 3.05) is 6.61 Å². The van der Waals surface area contributed by atoms with E-state index in [1.807, 2.05) is 25.1 Å². The molecule has 8 nitrogen and oxygen atoms in total. The van der Waals surface area contributed by atoms with Crippen molar-refractivity contribution in [2.45, 2.75) is 13.5 Å². The van der Waals surface area contributed by atoms with Crippen molar-refractivity contribution in [3.05, 3.63) is 70.5 Å². The SMILES string of the molecule is Cc1ccccc1OCC(=O)NNC(=O)Cn1ncc(=O)c2ccccc21. The van der Waals surface area contributed by atoms with Crippen molar-refractivity contribution in [2.24, 2.45) is 0 Å². The number of nitrogens with zero attached hydrogens (tertiary/aromatic N) is 2. The normalized spacial score (nSPS) is 10.4. The Labute approximate surface area is 154 Å². The van der Waals surface area contributed by atoms with Gasteiger partial charge in [0.1, 0.15) is 12.3 Å². The van der Waals surface area contributed by atoms with E-state index in [1.165, 1.54) is 4.68 Å². The molecule has 1 aromatic heterocycles. The fourth-order valence-electron chi connectivity index (χ4n) is 2.50. The van der Waals surface area contributed by atoms with Gasteiger partial charge in [0.2, 0.25) is 5.43 Å². The molecule has 3 rings (SSSR count). The summed E-state index contributed by atoms with van der Waals surface area (Å²) in [5, 5.41) is 4.43. The first-order valence-electron chi connectivity index (χ1n) is 8.25. The molecule has 0 atom stereocenters. The summed E-state index contributed by atoms with van der Waals surface area (Å²) < 4.78 is 6.80. The lowest BCUT2D eigenvalue weighted by atomic mass is 10.2. The van der Waals surface area contributed by atoms with Crippen LogP contribution in [-0.2, 0) is 16.1 Å². The highest BCUT2D eigenvalue weighted by atomic mass is 16.5. The van der Waals surface area contributed by atoms with Gasteiger partial charge in [0.15, 0.2) is 6.61 Å². The van der Waals surface area contributed by atoms with Gasteiger partial charge in [-0.3, -0.25) is 29.9 Å². The highest BCUT2D eigenvalue weighted by Gasteiger charge is 2.10. The van der Waals surface area contributed by atoms with E-state index in [9.17, 15) is 14.4 Å². The monoisotopic (exact) mass is 366 g/mol. The van der Waals surface area contributed by atoms with E-state index >= 15 is 0 Å². The second-order valence-electron chi connectivity index (χ2n) is 5.83. The van der Waals surface area contributed by atoms with Crippen molar-refractivity contribution >= 4 is 22.7 Å². The van der Waals surface area contributed by atoms with E-state index in [0.29, 0.717) is 16.7 Å². The number of aryl methyl sites for hydroxylation is 1. The minimum atomic E-state index is -0.496. The third-order valence-electron chi connectivity index (χ3n) is 3.85. The van der Waals surface area contributed by atoms with Crippen LogP contribution in [0.2, 0.25) is 0 Å². The van der Waals surface area contributed by atoms with Crippen molar-refractivity contribution in [3.8, 4) is 5.75 Å². The fourth-order valence-corrected chi connectivity index (χ4v) is 2.50. The lowest BCUT2D eigenvalue weighted by Crippen LogP contribution is -2.45. The molecule has 0 aliphatic heterocycles. The molecule has 0 saturated heterocycles. The van der Waals surface area contributed by atoms with Crippen LogP contribution < -0.4 is 21.0 Å². The average Bonchev–Trinajstić information content (AvgIpc) is 2.68. The summed E-state index contributed by atoms with van der Waals surface area (Å²) in [6.45, 7) is 1.49. The number of carbonyl (C=O) groups is 2. The van der Waals surface area contributed by atoms with Gasteiger partial charge in [-0.2, -0.15) is 5.10 Å². The van der Waals surface area contributed by atoms with Crippen LogP contribution in [-0.4, -0.2) is 28.2 Å². The lowest BCUT2D eigenvalue weighted by molar-refractivity contribution is -0.130. The first-order chi connectivity index (χ1) is 13.0. The molecule has 8 heteroatoms. The molecule has 0 aliphatic rings. The van der Waals surface area contributed by atoms with Gasteiger partial charge in [-0.25, -0.2) is 0 Å². The highest BCUT2D eigenvalue weighted by molar-refractivity contribution is 5.84. The molecule has 2 N–H and O–H groups in total. The zero-order chi connectivity index (χ0) is 19.2. The number of carbonyl (C=O) groups excluding carboxylic acids is 2. The van der Waals surface area contributed by atoms with Crippen molar-refractivity contribution in [1.82, 2.24) is 20.6 Å². The van der Waals surface area contributed by atoms with Crippen molar-refractivity contribution < 1.29 is 14.3 Å². The predicted molar refractivity (Wildman–Crippen MR) is 99.0 cm³/mol. The molecule has 0 radical (unpaired) electrons. The Hall–Kier alpha value is -3.68. The van der Waals surface area contributed by atoms with E-state index < -0.39 is 11.8 Å². The topological polar surface area (TPSA) is 102 Å². The molecule has 0 fully saturated rings. The lowest BCUT2D eigenvalue weighted by Gasteiger charge is -2.11. The van der Waals surface area contributed by atoms with Gasteiger partial charge in [-0.15, -0.1) is 0 Å². The number of benzene rings is 2. The minimum Gasteiger partial charge on any atom is -0.483 e. The highest BCUT2D eigenvalue weighted by Crippen LogP contribution is 2.15. The van der Waals surface area contributed by atoms with Crippen LogP contribution in [0.4, 0.5) is 0 Å². The minimum absolute atomic E-state index is 0.153. The summed E-state index contributed by atoms with van der Waals surface area (Å²) in [6.07, 6.45) is 1.16. The summed E-state index contributed by atoms with van der Waals surface area (Å²) in [7, 11) is 0. The number of rotatable bonds is 5. The number of hydrogen-bond donors (Lipinski definition) is 2. The van der Waals surface area contributed by atoms with Crippen LogP contribution in [0.15, 0.2) is 59.5 Å². The molecule has 1 heterocycles. The number of aromatic nitrogens is 2. The van der Waals surface area contributed by atoms with E-state index in [1.54, 1.807) is 30.3 Å². The number of nitrogens with one attached hydrogen (secondary N) is 2. The maximum atomic E-state index is 12.1. The van der Waals surface area contributed by atoms with Gasteiger partial charge in [-0.1, -0.05) is 30.3 Å². The van der Waals surface area contributed by atoms with E-state index in [-0.39, 0.29) is 18.6 Å². The fraction of sp³-hybridized carbons (Fsp3) is 0.158. The second-order valence-corrected chi connectivity index (χ2v) is 5.83. The largest absolute Gasteiger partial charge is 0.483 e. The van der Waals surface area contributed by atoms with E-state index in [2.05, 4.69) is 16.0 Å². The molecular formula is C19H18N4O4. The molecule has 138 valence electrons.